The molecule has 0 spiro atoms. The standard InChI is InChI=1S/C22H18N2O6/c25-21(30-19-13-11-18(12-14-19)24(27)28)20(17-9-5-2-6-10-17)23-22(26)29-15-16-7-3-1-4-8-16/h1-14,20H,15H2,(H,23,26)/t20-/m0/s1. The normalized spacial score (nSPS) is 11.2. The molecular formula is C22H18N2O6. The van der Waals surface area contributed by atoms with E-state index in [4.69, 9.17) is 9.47 Å². The van der Waals surface area contributed by atoms with Crippen LogP contribution in [-0.4, -0.2) is 17.0 Å². The van der Waals surface area contributed by atoms with Crippen LogP contribution in [0.4, 0.5) is 10.5 Å². The lowest BCUT2D eigenvalue weighted by Gasteiger charge is -2.18. The van der Waals surface area contributed by atoms with Crippen molar-refractivity contribution in [2.24, 2.45) is 0 Å². The van der Waals surface area contributed by atoms with E-state index in [0.717, 1.165) is 5.56 Å². The second-order valence-corrected chi connectivity index (χ2v) is 6.22. The molecular weight excluding hydrogens is 388 g/mol. The molecule has 0 heterocycles. The first kappa shape index (κ1) is 20.5. The molecule has 0 aliphatic heterocycles. The van der Waals surface area contributed by atoms with E-state index < -0.39 is 23.0 Å². The van der Waals surface area contributed by atoms with Gasteiger partial charge < -0.3 is 14.8 Å². The molecule has 8 heteroatoms. The van der Waals surface area contributed by atoms with E-state index in [2.05, 4.69) is 5.32 Å². The van der Waals surface area contributed by atoms with Gasteiger partial charge in [0.05, 0.1) is 4.92 Å². The first-order valence-corrected chi connectivity index (χ1v) is 9.01. The van der Waals surface area contributed by atoms with Gasteiger partial charge in [0.15, 0.2) is 6.04 Å². The highest BCUT2D eigenvalue weighted by molar-refractivity contribution is 5.84. The van der Waals surface area contributed by atoms with Gasteiger partial charge in [-0.2, -0.15) is 0 Å². The number of nitrogens with zero attached hydrogens (tertiary/aromatic N) is 1. The minimum atomic E-state index is -1.12. The van der Waals surface area contributed by atoms with Gasteiger partial charge in [0.25, 0.3) is 5.69 Å². The molecule has 0 aliphatic rings. The largest absolute Gasteiger partial charge is 0.445 e. The molecule has 0 saturated carbocycles. The molecule has 152 valence electrons. The fourth-order valence-corrected chi connectivity index (χ4v) is 2.62. The summed E-state index contributed by atoms with van der Waals surface area (Å²) >= 11 is 0. The van der Waals surface area contributed by atoms with Crippen molar-refractivity contribution >= 4 is 17.7 Å². The maximum Gasteiger partial charge on any atom is 0.408 e. The Balaban J connectivity index is 1.69. The zero-order valence-corrected chi connectivity index (χ0v) is 15.8. The number of hydrogen-bond donors (Lipinski definition) is 1. The number of nitro benzene ring substituents is 1. The highest BCUT2D eigenvalue weighted by Gasteiger charge is 2.25. The zero-order valence-electron chi connectivity index (χ0n) is 15.8. The van der Waals surface area contributed by atoms with Crippen LogP contribution in [0.5, 0.6) is 5.75 Å². The van der Waals surface area contributed by atoms with Crippen LogP contribution in [0.3, 0.4) is 0 Å². The summed E-state index contributed by atoms with van der Waals surface area (Å²) in [6.07, 6.45) is -0.784. The van der Waals surface area contributed by atoms with Crippen LogP contribution in [0, 0.1) is 10.1 Å². The maximum atomic E-state index is 12.7. The molecule has 8 nitrogen and oxygen atoms in total. The first-order valence-electron chi connectivity index (χ1n) is 9.01. The molecule has 0 bridgehead atoms. The smallest absolute Gasteiger partial charge is 0.408 e. The van der Waals surface area contributed by atoms with Crippen LogP contribution in [-0.2, 0) is 16.1 Å². The second-order valence-electron chi connectivity index (χ2n) is 6.22. The summed E-state index contributed by atoms with van der Waals surface area (Å²) < 4.78 is 10.5. The van der Waals surface area contributed by atoms with Crippen molar-refractivity contribution < 1.29 is 24.0 Å². The number of esters is 1. The van der Waals surface area contributed by atoms with Crippen molar-refractivity contribution in [3.05, 3.63) is 106 Å². The summed E-state index contributed by atoms with van der Waals surface area (Å²) in [4.78, 5) is 35.2. The van der Waals surface area contributed by atoms with Crippen molar-refractivity contribution in [2.75, 3.05) is 0 Å². The maximum absolute atomic E-state index is 12.7. The number of nitrogens with one attached hydrogen (secondary N) is 1. The van der Waals surface area contributed by atoms with E-state index in [1.807, 2.05) is 30.3 Å². The van der Waals surface area contributed by atoms with Gasteiger partial charge in [-0.3, -0.25) is 10.1 Å². The summed E-state index contributed by atoms with van der Waals surface area (Å²) in [5.41, 5.74) is 1.18. The Morgan fingerprint density at radius 1 is 0.900 bits per heavy atom. The van der Waals surface area contributed by atoms with Crippen molar-refractivity contribution in [1.29, 1.82) is 0 Å². The van der Waals surface area contributed by atoms with Crippen molar-refractivity contribution in [1.82, 2.24) is 5.32 Å². The topological polar surface area (TPSA) is 108 Å². The van der Waals surface area contributed by atoms with Gasteiger partial charge in [-0.05, 0) is 23.3 Å². The van der Waals surface area contributed by atoms with Gasteiger partial charge in [-0.15, -0.1) is 0 Å². The number of benzene rings is 3. The number of carbonyl (C=O) groups excluding carboxylic acids is 2. The van der Waals surface area contributed by atoms with Crippen molar-refractivity contribution in [2.45, 2.75) is 12.6 Å². The third-order valence-electron chi connectivity index (χ3n) is 4.11. The Hall–Kier alpha value is -4.20. The second kappa shape index (κ2) is 9.83. The predicted molar refractivity (Wildman–Crippen MR) is 108 cm³/mol. The summed E-state index contributed by atoms with van der Waals surface area (Å²) in [6, 6.07) is 21.6. The third kappa shape index (κ3) is 5.65. The Morgan fingerprint density at radius 3 is 2.10 bits per heavy atom. The minimum absolute atomic E-state index is 0.0472. The highest BCUT2D eigenvalue weighted by atomic mass is 16.6. The molecule has 1 amide bonds. The Bertz CT molecular complexity index is 1010. The third-order valence-corrected chi connectivity index (χ3v) is 4.11. The van der Waals surface area contributed by atoms with Crippen LogP contribution < -0.4 is 10.1 Å². The van der Waals surface area contributed by atoms with Crippen LogP contribution in [0.25, 0.3) is 0 Å². The molecule has 1 N–H and O–H groups in total. The van der Waals surface area contributed by atoms with Gasteiger partial charge >= 0.3 is 12.1 Å². The molecule has 3 rings (SSSR count). The SMILES string of the molecule is O=C(N[C@H](C(=O)Oc1ccc([N+](=O)[O-])cc1)c1ccccc1)OCc1ccccc1. The quantitative estimate of drug-likeness (QED) is 0.273. The van der Waals surface area contributed by atoms with E-state index in [1.165, 1.54) is 24.3 Å². The summed E-state index contributed by atoms with van der Waals surface area (Å²) in [6.45, 7) is 0.0472. The average Bonchev–Trinajstić information content (AvgIpc) is 2.77. The Morgan fingerprint density at radius 2 is 1.50 bits per heavy atom. The van der Waals surface area contributed by atoms with Crippen LogP contribution >= 0.6 is 0 Å². The number of alkyl carbamates (subject to hydrolysis) is 1. The van der Waals surface area contributed by atoms with E-state index in [-0.39, 0.29) is 18.0 Å². The predicted octanol–water partition coefficient (Wildman–Crippen LogP) is 4.17. The number of ether oxygens (including phenoxy) is 2. The molecule has 0 unspecified atom stereocenters. The number of rotatable bonds is 7. The Kier molecular flexibility index (Phi) is 6.73. The number of carbonyl (C=O) groups is 2. The Labute approximate surface area is 172 Å². The lowest BCUT2D eigenvalue weighted by Crippen LogP contribution is -2.36. The number of amides is 1. The lowest BCUT2D eigenvalue weighted by molar-refractivity contribution is -0.384. The van der Waals surface area contributed by atoms with Crippen molar-refractivity contribution in [3.8, 4) is 5.75 Å². The molecule has 30 heavy (non-hydrogen) atoms. The average molecular weight is 406 g/mol. The monoisotopic (exact) mass is 406 g/mol. The molecule has 0 aromatic heterocycles. The fraction of sp³-hybridized carbons (Fsp3) is 0.0909. The minimum Gasteiger partial charge on any atom is -0.445 e. The number of non-ortho nitro benzene ring substituents is 1. The fourth-order valence-electron chi connectivity index (χ4n) is 2.62. The molecule has 0 aliphatic carbocycles. The molecule has 1 atom stereocenters. The molecule has 3 aromatic rings. The summed E-state index contributed by atoms with van der Waals surface area (Å²) in [7, 11) is 0. The van der Waals surface area contributed by atoms with Gasteiger partial charge in [-0.25, -0.2) is 9.59 Å². The van der Waals surface area contributed by atoms with Crippen molar-refractivity contribution in [3.63, 3.8) is 0 Å². The van der Waals surface area contributed by atoms with Gasteiger partial charge in [0, 0.05) is 12.1 Å². The van der Waals surface area contributed by atoms with Gasteiger partial charge in [0.1, 0.15) is 12.4 Å². The van der Waals surface area contributed by atoms with Gasteiger partial charge in [-0.1, -0.05) is 60.7 Å². The van der Waals surface area contributed by atoms with Crippen LogP contribution in [0.2, 0.25) is 0 Å². The number of nitro groups is 1. The highest BCUT2D eigenvalue weighted by Crippen LogP contribution is 2.21. The van der Waals surface area contributed by atoms with E-state index >= 15 is 0 Å². The van der Waals surface area contributed by atoms with E-state index in [0.29, 0.717) is 5.56 Å². The summed E-state index contributed by atoms with van der Waals surface area (Å²) in [5.74, 6) is -0.641. The molecule has 0 radical (unpaired) electrons. The lowest BCUT2D eigenvalue weighted by atomic mass is 10.1. The summed E-state index contributed by atoms with van der Waals surface area (Å²) in [5, 5.41) is 13.3. The van der Waals surface area contributed by atoms with E-state index in [9.17, 15) is 19.7 Å². The van der Waals surface area contributed by atoms with Gasteiger partial charge in [0.2, 0.25) is 0 Å². The molecule has 0 saturated heterocycles. The first-order chi connectivity index (χ1) is 14.5. The zero-order chi connectivity index (χ0) is 21.3. The molecule has 0 fully saturated rings. The van der Waals surface area contributed by atoms with Crippen LogP contribution in [0.1, 0.15) is 17.2 Å². The van der Waals surface area contributed by atoms with Crippen LogP contribution in [0.15, 0.2) is 84.9 Å². The molecule has 3 aromatic carbocycles. The number of hydrogen-bond acceptors (Lipinski definition) is 6. The van der Waals surface area contributed by atoms with E-state index in [1.54, 1.807) is 30.3 Å².